The van der Waals surface area contributed by atoms with Gasteiger partial charge in [-0.2, -0.15) is 0 Å². The average molecular weight is 145 g/mol. The van der Waals surface area contributed by atoms with E-state index in [-0.39, 0.29) is 10.6 Å². The van der Waals surface area contributed by atoms with Crippen molar-refractivity contribution in [2.75, 3.05) is 0 Å². The van der Waals surface area contributed by atoms with Gasteiger partial charge in [-0.1, -0.05) is 0 Å². The summed E-state index contributed by atoms with van der Waals surface area (Å²) < 4.78 is 0.215. The quantitative estimate of drug-likeness (QED) is 0.492. The van der Waals surface area contributed by atoms with Crippen LogP contribution in [0, 0.1) is 4.77 Å². The first-order valence-corrected chi connectivity index (χ1v) is 2.49. The molecule has 0 fully saturated rings. The molecule has 5 nitrogen and oxygen atoms in total. The summed E-state index contributed by atoms with van der Waals surface area (Å²) in [4.78, 5) is 12.4. The Morgan fingerprint density at radius 3 is 2.67 bits per heavy atom. The van der Waals surface area contributed by atoms with E-state index in [2.05, 4.69) is 27.4 Å². The standard InChI is InChI=1S/C3H3N3O2S/c7-2(8)1-4-3(9)6-5-1/h(H,7,8)(H2,4,5,6,9). The van der Waals surface area contributed by atoms with Crippen molar-refractivity contribution < 1.29 is 9.90 Å². The van der Waals surface area contributed by atoms with E-state index in [1.54, 1.807) is 0 Å². The largest absolute Gasteiger partial charge is 0.475 e. The van der Waals surface area contributed by atoms with Crippen LogP contribution in [0.3, 0.4) is 0 Å². The van der Waals surface area contributed by atoms with Gasteiger partial charge in [-0.15, -0.1) is 5.10 Å². The Bertz CT molecular complexity index is 275. The summed E-state index contributed by atoms with van der Waals surface area (Å²) in [6.45, 7) is 0. The van der Waals surface area contributed by atoms with Gasteiger partial charge in [0, 0.05) is 0 Å². The average Bonchev–Trinajstić information content (AvgIpc) is 2.14. The molecule has 0 aliphatic carbocycles. The van der Waals surface area contributed by atoms with Crippen molar-refractivity contribution >= 4 is 18.2 Å². The van der Waals surface area contributed by atoms with Crippen LogP contribution in [-0.4, -0.2) is 26.3 Å². The van der Waals surface area contributed by atoms with E-state index in [4.69, 9.17) is 5.11 Å². The van der Waals surface area contributed by atoms with Crippen LogP contribution in [0.15, 0.2) is 0 Å². The van der Waals surface area contributed by atoms with Gasteiger partial charge in [0.05, 0.1) is 0 Å². The van der Waals surface area contributed by atoms with Crippen molar-refractivity contribution in [2.45, 2.75) is 0 Å². The topological polar surface area (TPSA) is 81.8 Å². The van der Waals surface area contributed by atoms with E-state index in [1.807, 2.05) is 0 Å². The van der Waals surface area contributed by atoms with Crippen LogP contribution in [0.5, 0.6) is 0 Å². The number of carboxylic acid groups (broad SMARTS) is 1. The highest BCUT2D eigenvalue weighted by Crippen LogP contribution is 1.84. The first-order chi connectivity index (χ1) is 4.20. The lowest BCUT2D eigenvalue weighted by atomic mass is 10.7. The molecule has 0 unspecified atom stereocenters. The summed E-state index contributed by atoms with van der Waals surface area (Å²) in [6, 6.07) is 0. The third-order valence-electron chi connectivity index (χ3n) is 0.704. The number of carboxylic acids is 1. The highest BCUT2D eigenvalue weighted by Gasteiger charge is 2.03. The molecule has 3 N–H and O–H groups in total. The molecular weight excluding hydrogens is 142 g/mol. The molecule has 0 saturated heterocycles. The highest BCUT2D eigenvalue weighted by molar-refractivity contribution is 7.71. The fourth-order valence-electron chi connectivity index (χ4n) is 0.371. The molecule has 9 heavy (non-hydrogen) atoms. The molecule has 0 radical (unpaired) electrons. The first kappa shape index (κ1) is 5.96. The summed E-state index contributed by atoms with van der Waals surface area (Å²) in [5, 5.41) is 13.8. The molecule has 0 aliphatic rings. The van der Waals surface area contributed by atoms with Crippen LogP contribution >= 0.6 is 12.2 Å². The Balaban J connectivity index is 3.12. The minimum Gasteiger partial charge on any atom is -0.475 e. The maximum atomic E-state index is 10.1. The van der Waals surface area contributed by atoms with E-state index >= 15 is 0 Å². The number of hydrogen-bond acceptors (Lipinski definition) is 3. The maximum absolute atomic E-state index is 10.1. The molecule has 0 amide bonds. The fraction of sp³-hybridized carbons (Fsp3) is 0. The minimum atomic E-state index is -1.12. The van der Waals surface area contributed by atoms with Crippen molar-refractivity contribution in [3.63, 3.8) is 0 Å². The SMILES string of the molecule is O=C(O)c1n[nH]c(=S)[nH]1. The van der Waals surface area contributed by atoms with E-state index in [0.717, 1.165) is 0 Å². The van der Waals surface area contributed by atoms with E-state index in [1.165, 1.54) is 0 Å². The van der Waals surface area contributed by atoms with Crippen LogP contribution < -0.4 is 0 Å². The van der Waals surface area contributed by atoms with Gasteiger partial charge in [-0.25, -0.2) is 4.79 Å². The molecule has 6 heteroatoms. The molecule has 1 heterocycles. The van der Waals surface area contributed by atoms with E-state index in [0.29, 0.717) is 0 Å². The fourth-order valence-corrected chi connectivity index (χ4v) is 0.514. The Hall–Kier alpha value is -1.17. The third kappa shape index (κ3) is 1.14. The number of aromatic amines is 2. The zero-order valence-electron chi connectivity index (χ0n) is 4.21. The van der Waals surface area contributed by atoms with Crippen LogP contribution in [0.2, 0.25) is 0 Å². The summed E-state index contributed by atoms with van der Waals surface area (Å²) in [5.74, 6) is -1.29. The van der Waals surface area contributed by atoms with Gasteiger partial charge in [0.2, 0.25) is 5.82 Å². The Kier molecular flexibility index (Phi) is 1.31. The molecule has 0 aliphatic heterocycles. The molecule has 0 saturated carbocycles. The lowest BCUT2D eigenvalue weighted by molar-refractivity contribution is 0.0684. The van der Waals surface area contributed by atoms with Crippen molar-refractivity contribution in [2.24, 2.45) is 0 Å². The molecule has 0 bridgehead atoms. The summed E-state index contributed by atoms with van der Waals surface area (Å²) in [6.07, 6.45) is 0. The van der Waals surface area contributed by atoms with Gasteiger partial charge < -0.3 is 10.1 Å². The number of rotatable bonds is 1. The highest BCUT2D eigenvalue weighted by atomic mass is 32.1. The van der Waals surface area contributed by atoms with Gasteiger partial charge in [0.15, 0.2) is 4.77 Å². The van der Waals surface area contributed by atoms with Crippen molar-refractivity contribution in [1.82, 2.24) is 15.2 Å². The predicted octanol–water partition coefficient (Wildman–Crippen LogP) is 0.165. The summed E-state index contributed by atoms with van der Waals surface area (Å²) in [7, 11) is 0. The monoisotopic (exact) mass is 145 g/mol. The second kappa shape index (κ2) is 1.98. The van der Waals surface area contributed by atoms with Gasteiger partial charge in [0.1, 0.15) is 0 Å². The molecular formula is C3H3N3O2S. The van der Waals surface area contributed by atoms with Crippen molar-refractivity contribution in [3.05, 3.63) is 10.6 Å². The van der Waals surface area contributed by atoms with E-state index < -0.39 is 5.97 Å². The number of nitrogens with zero attached hydrogens (tertiary/aromatic N) is 1. The number of H-pyrrole nitrogens is 2. The van der Waals surface area contributed by atoms with Crippen LogP contribution in [0.25, 0.3) is 0 Å². The lowest BCUT2D eigenvalue weighted by Gasteiger charge is -1.77. The Morgan fingerprint density at radius 1 is 1.78 bits per heavy atom. The second-order valence-corrected chi connectivity index (χ2v) is 1.74. The number of aromatic nitrogens is 3. The van der Waals surface area contributed by atoms with Gasteiger partial charge >= 0.3 is 5.97 Å². The molecule has 1 rings (SSSR count). The maximum Gasteiger partial charge on any atom is 0.373 e. The molecule has 48 valence electrons. The van der Waals surface area contributed by atoms with Crippen molar-refractivity contribution in [3.8, 4) is 0 Å². The Labute approximate surface area is 54.7 Å². The van der Waals surface area contributed by atoms with Crippen molar-refractivity contribution in [1.29, 1.82) is 0 Å². The van der Waals surface area contributed by atoms with Gasteiger partial charge in [-0.3, -0.25) is 5.10 Å². The number of aromatic carboxylic acids is 1. The van der Waals surface area contributed by atoms with Gasteiger partial charge in [0.25, 0.3) is 0 Å². The lowest BCUT2D eigenvalue weighted by Crippen LogP contribution is -1.98. The molecule has 0 spiro atoms. The zero-order valence-corrected chi connectivity index (χ0v) is 5.03. The number of carbonyl (C=O) groups is 1. The smallest absolute Gasteiger partial charge is 0.373 e. The van der Waals surface area contributed by atoms with Crippen LogP contribution in [0.4, 0.5) is 0 Å². The molecule has 1 aromatic heterocycles. The summed E-state index contributed by atoms with van der Waals surface area (Å²) >= 11 is 4.52. The molecule has 0 aromatic carbocycles. The second-order valence-electron chi connectivity index (χ2n) is 1.33. The van der Waals surface area contributed by atoms with Crippen LogP contribution in [0.1, 0.15) is 10.6 Å². The predicted molar refractivity (Wildman–Crippen MR) is 30.7 cm³/mol. The molecule has 1 aromatic rings. The Morgan fingerprint density at radius 2 is 2.44 bits per heavy atom. The molecule has 0 atom stereocenters. The normalized spacial score (nSPS) is 9.33. The van der Waals surface area contributed by atoms with Gasteiger partial charge in [-0.05, 0) is 12.2 Å². The number of hydrogen-bond donors (Lipinski definition) is 3. The first-order valence-electron chi connectivity index (χ1n) is 2.08. The number of nitrogens with one attached hydrogen (secondary N) is 2. The van der Waals surface area contributed by atoms with Crippen LogP contribution in [-0.2, 0) is 0 Å². The van der Waals surface area contributed by atoms with E-state index in [9.17, 15) is 4.79 Å². The third-order valence-corrected chi connectivity index (χ3v) is 0.897. The minimum absolute atomic E-state index is 0.167. The summed E-state index contributed by atoms with van der Waals surface area (Å²) in [5.41, 5.74) is 0. The zero-order chi connectivity index (χ0) is 6.85.